The first-order chi connectivity index (χ1) is 6.61. The molecule has 1 aromatic rings. The fourth-order valence-electron chi connectivity index (χ4n) is 1.76. The first-order valence-corrected chi connectivity index (χ1v) is 6.92. The molecule has 1 aromatic heterocycles. The molecule has 1 saturated heterocycles. The Morgan fingerprint density at radius 1 is 1.57 bits per heavy atom. The van der Waals surface area contributed by atoms with Gasteiger partial charge in [0, 0.05) is 5.75 Å². The number of halogens is 1. The molecule has 78 valence electrons. The first kappa shape index (κ1) is 10.6. The first-order valence-electron chi connectivity index (χ1n) is 4.69. The van der Waals surface area contributed by atoms with Crippen molar-refractivity contribution in [3.8, 4) is 0 Å². The van der Waals surface area contributed by atoms with Crippen LogP contribution in [0.1, 0.15) is 18.7 Å². The van der Waals surface area contributed by atoms with Crippen LogP contribution in [0.15, 0.2) is 0 Å². The normalized spacial score (nSPS) is 27.1. The van der Waals surface area contributed by atoms with Gasteiger partial charge in [-0.2, -0.15) is 16.9 Å². The minimum absolute atomic E-state index is 0.488. The number of rotatable bonds is 1. The minimum Gasteiger partial charge on any atom is -0.383 e. The molecule has 2 N–H and O–H groups in total. The van der Waals surface area contributed by atoms with Gasteiger partial charge in [-0.05, 0) is 41.2 Å². The second-order valence-electron chi connectivity index (χ2n) is 3.81. The van der Waals surface area contributed by atoms with Crippen LogP contribution in [0, 0.1) is 16.4 Å². The van der Waals surface area contributed by atoms with Gasteiger partial charge >= 0.3 is 0 Å². The lowest BCUT2D eigenvalue weighted by Crippen LogP contribution is -2.18. The summed E-state index contributed by atoms with van der Waals surface area (Å²) in [5.74, 6) is 3.88. The second kappa shape index (κ2) is 3.92. The lowest BCUT2D eigenvalue weighted by Gasteiger charge is -2.16. The molecule has 2 unspecified atom stereocenters. The van der Waals surface area contributed by atoms with Crippen LogP contribution < -0.4 is 5.73 Å². The van der Waals surface area contributed by atoms with Crippen LogP contribution in [-0.2, 0) is 0 Å². The quantitative estimate of drug-likeness (QED) is 0.807. The highest BCUT2D eigenvalue weighted by Gasteiger charge is 2.28. The van der Waals surface area contributed by atoms with E-state index in [-0.39, 0.29) is 0 Å². The van der Waals surface area contributed by atoms with Gasteiger partial charge in [-0.1, -0.05) is 6.92 Å². The predicted molar refractivity (Wildman–Crippen MR) is 69.6 cm³/mol. The fourth-order valence-corrected chi connectivity index (χ4v) is 3.56. The van der Waals surface area contributed by atoms with Gasteiger partial charge in [0.2, 0.25) is 0 Å². The zero-order valence-corrected chi connectivity index (χ0v) is 11.3. The van der Waals surface area contributed by atoms with Gasteiger partial charge in [-0.15, -0.1) is 0 Å². The number of hydrogen-bond acceptors (Lipinski definition) is 3. The Kier molecular flexibility index (Phi) is 2.97. The molecule has 0 saturated carbocycles. The summed E-state index contributed by atoms with van der Waals surface area (Å²) >= 11 is 4.26. The average molecular weight is 323 g/mol. The zero-order valence-electron chi connectivity index (χ0n) is 8.33. The van der Waals surface area contributed by atoms with E-state index >= 15 is 0 Å². The molecule has 5 heteroatoms. The SMILES string of the molecule is Cc1nn(C2CSCC2C)c(N)c1I. The number of nitrogens with zero attached hydrogens (tertiary/aromatic N) is 2. The molecule has 1 aliphatic heterocycles. The van der Waals surface area contributed by atoms with Crippen LogP contribution in [0.4, 0.5) is 5.82 Å². The molecule has 0 bridgehead atoms. The Morgan fingerprint density at radius 2 is 2.29 bits per heavy atom. The maximum atomic E-state index is 6.03. The maximum Gasteiger partial charge on any atom is 0.135 e. The van der Waals surface area contributed by atoms with Crippen molar-refractivity contribution in [1.82, 2.24) is 9.78 Å². The van der Waals surface area contributed by atoms with Gasteiger partial charge in [0.1, 0.15) is 5.82 Å². The lowest BCUT2D eigenvalue weighted by molar-refractivity contribution is 0.406. The van der Waals surface area contributed by atoms with Gasteiger partial charge < -0.3 is 5.73 Å². The van der Waals surface area contributed by atoms with E-state index in [1.165, 1.54) is 5.75 Å². The molecule has 2 atom stereocenters. The number of aryl methyl sites for hydroxylation is 1. The molecule has 0 aliphatic carbocycles. The van der Waals surface area contributed by atoms with Crippen molar-refractivity contribution < 1.29 is 0 Å². The van der Waals surface area contributed by atoms with Crippen molar-refractivity contribution in [2.45, 2.75) is 19.9 Å². The monoisotopic (exact) mass is 323 g/mol. The summed E-state index contributed by atoms with van der Waals surface area (Å²) in [5, 5.41) is 4.51. The average Bonchev–Trinajstić information content (AvgIpc) is 2.66. The Balaban J connectivity index is 2.36. The van der Waals surface area contributed by atoms with Crippen LogP contribution in [0.3, 0.4) is 0 Å². The summed E-state index contributed by atoms with van der Waals surface area (Å²) in [6.45, 7) is 4.29. The molecule has 2 rings (SSSR count). The second-order valence-corrected chi connectivity index (χ2v) is 5.96. The zero-order chi connectivity index (χ0) is 10.3. The standard InChI is InChI=1S/C9H14IN3S/c1-5-3-14-4-7(5)13-9(11)8(10)6(2)12-13/h5,7H,3-4,11H2,1-2H3. The van der Waals surface area contributed by atoms with Crippen molar-refractivity contribution >= 4 is 40.2 Å². The smallest absolute Gasteiger partial charge is 0.135 e. The molecule has 1 fully saturated rings. The van der Waals surface area contributed by atoms with Gasteiger partial charge in [0.05, 0.1) is 15.3 Å². The van der Waals surface area contributed by atoms with Crippen LogP contribution in [0.2, 0.25) is 0 Å². The van der Waals surface area contributed by atoms with Gasteiger partial charge in [-0.3, -0.25) is 0 Å². The molecule has 1 aliphatic rings. The molecule has 0 amide bonds. The van der Waals surface area contributed by atoms with Gasteiger partial charge in [0.15, 0.2) is 0 Å². The van der Waals surface area contributed by atoms with E-state index in [1.54, 1.807) is 0 Å². The molecular formula is C9H14IN3S. The third-order valence-corrected chi connectivity index (χ3v) is 5.36. The van der Waals surface area contributed by atoms with E-state index in [4.69, 9.17) is 5.73 Å². The van der Waals surface area contributed by atoms with Crippen molar-refractivity contribution in [1.29, 1.82) is 0 Å². The largest absolute Gasteiger partial charge is 0.383 e. The number of thioether (sulfide) groups is 1. The third kappa shape index (κ3) is 1.64. The molecule has 2 heterocycles. The Hall–Kier alpha value is 0.0900. The number of hydrogen-bond donors (Lipinski definition) is 1. The number of anilines is 1. The number of nitrogen functional groups attached to an aromatic ring is 1. The summed E-state index contributed by atoms with van der Waals surface area (Å²) in [7, 11) is 0. The summed E-state index contributed by atoms with van der Waals surface area (Å²) in [6, 6.07) is 0.488. The molecule has 0 aromatic carbocycles. The topological polar surface area (TPSA) is 43.8 Å². The van der Waals surface area contributed by atoms with Crippen molar-refractivity contribution in [3.05, 3.63) is 9.26 Å². The highest BCUT2D eigenvalue weighted by molar-refractivity contribution is 14.1. The van der Waals surface area contributed by atoms with E-state index in [9.17, 15) is 0 Å². The van der Waals surface area contributed by atoms with Crippen LogP contribution in [-0.4, -0.2) is 21.3 Å². The highest BCUT2D eigenvalue weighted by Crippen LogP contribution is 2.35. The van der Waals surface area contributed by atoms with Crippen LogP contribution in [0.5, 0.6) is 0 Å². The lowest BCUT2D eigenvalue weighted by atomic mass is 10.1. The Morgan fingerprint density at radius 3 is 2.71 bits per heavy atom. The molecular weight excluding hydrogens is 309 g/mol. The summed E-state index contributed by atoms with van der Waals surface area (Å²) in [6.07, 6.45) is 0. The van der Waals surface area contributed by atoms with Gasteiger partial charge in [0.25, 0.3) is 0 Å². The van der Waals surface area contributed by atoms with E-state index in [2.05, 4.69) is 34.6 Å². The summed E-state index contributed by atoms with van der Waals surface area (Å²) < 4.78 is 3.12. The number of aromatic nitrogens is 2. The van der Waals surface area contributed by atoms with E-state index in [1.807, 2.05) is 23.4 Å². The highest BCUT2D eigenvalue weighted by atomic mass is 127. The van der Waals surface area contributed by atoms with Crippen molar-refractivity contribution in [2.24, 2.45) is 5.92 Å². The van der Waals surface area contributed by atoms with Gasteiger partial charge in [-0.25, -0.2) is 4.68 Å². The molecule has 0 radical (unpaired) electrons. The molecule has 14 heavy (non-hydrogen) atoms. The summed E-state index contributed by atoms with van der Waals surface area (Å²) in [4.78, 5) is 0. The van der Waals surface area contributed by atoms with Crippen LogP contribution in [0.25, 0.3) is 0 Å². The Labute approximate surface area is 102 Å². The van der Waals surface area contributed by atoms with E-state index in [0.717, 1.165) is 20.8 Å². The predicted octanol–water partition coefficient (Wildman–Crippen LogP) is 2.30. The van der Waals surface area contributed by atoms with Crippen molar-refractivity contribution in [3.63, 3.8) is 0 Å². The number of nitrogens with two attached hydrogens (primary N) is 1. The Bertz CT molecular complexity index is 350. The minimum atomic E-state index is 0.488. The van der Waals surface area contributed by atoms with E-state index < -0.39 is 0 Å². The summed E-state index contributed by atoms with van der Waals surface area (Å²) in [5.41, 5.74) is 7.08. The molecule has 3 nitrogen and oxygen atoms in total. The third-order valence-electron chi connectivity index (χ3n) is 2.69. The van der Waals surface area contributed by atoms with Crippen LogP contribution >= 0.6 is 34.4 Å². The maximum absolute atomic E-state index is 6.03. The fraction of sp³-hybridized carbons (Fsp3) is 0.667. The van der Waals surface area contributed by atoms with E-state index in [0.29, 0.717) is 12.0 Å². The molecule has 0 spiro atoms. The van der Waals surface area contributed by atoms with Crippen molar-refractivity contribution in [2.75, 3.05) is 17.2 Å².